The minimum absolute atomic E-state index is 0.0786. The van der Waals surface area contributed by atoms with Gasteiger partial charge >= 0.3 is 6.03 Å². The molecule has 1 atom stereocenters. The molecule has 0 aliphatic carbocycles. The number of benzene rings is 2. The zero-order valence-corrected chi connectivity index (χ0v) is 16.0. The van der Waals surface area contributed by atoms with E-state index in [2.05, 4.69) is 5.32 Å². The summed E-state index contributed by atoms with van der Waals surface area (Å²) in [7, 11) is 3.39. The van der Waals surface area contributed by atoms with Crippen LogP contribution in [0.25, 0.3) is 0 Å². The summed E-state index contributed by atoms with van der Waals surface area (Å²) < 4.78 is 0. The Labute approximate surface area is 162 Å². The van der Waals surface area contributed by atoms with Gasteiger partial charge in [0.25, 0.3) is 11.1 Å². The van der Waals surface area contributed by atoms with Gasteiger partial charge in [-0.05, 0) is 35.0 Å². The number of carbonyl (C=O) groups is 3. The maximum absolute atomic E-state index is 12.7. The summed E-state index contributed by atoms with van der Waals surface area (Å²) in [4.78, 5) is 40.3. The third-order valence-electron chi connectivity index (χ3n) is 4.20. The van der Waals surface area contributed by atoms with Crippen LogP contribution in [0.15, 0.2) is 59.5 Å². The standard InChI is InChI=1S/C20H21N3O3S/c1-22(2)20(26)27-16-10-6-9-15(11-16)13-23-18(24)17(21-19(23)25)12-14-7-4-3-5-8-14/h3-11,17H,12-13H2,1-2H3,(H,21,25). The lowest BCUT2D eigenvalue weighted by Crippen LogP contribution is -2.32. The summed E-state index contributed by atoms with van der Waals surface area (Å²) in [6, 6.07) is 16.0. The highest BCUT2D eigenvalue weighted by Gasteiger charge is 2.37. The molecular formula is C20H21N3O3S. The van der Waals surface area contributed by atoms with Crippen molar-refractivity contribution >= 4 is 28.9 Å². The molecule has 2 aromatic carbocycles. The molecule has 3 rings (SSSR count). The maximum Gasteiger partial charge on any atom is 0.325 e. The van der Waals surface area contributed by atoms with Gasteiger partial charge in [-0.3, -0.25) is 14.5 Å². The van der Waals surface area contributed by atoms with Crippen LogP contribution >= 0.6 is 11.8 Å². The van der Waals surface area contributed by atoms with Gasteiger partial charge in [-0.2, -0.15) is 0 Å². The monoisotopic (exact) mass is 383 g/mol. The van der Waals surface area contributed by atoms with E-state index < -0.39 is 6.04 Å². The van der Waals surface area contributed by atoms with Crippen LogP contribution in [0.3, 0.4) is 0 Å². The molecule has 0 aromatic heterocycles. The number of imide groups is 1. The lowest BCUT2D eigenvalue weighted by molar-refractivity contribution is -0.127. The summed E-state index contributed by atoms with van der Waals surface area (Å²) >= 11 is 1.11. The molecule has 7 heteroatoms. The van der Waals surface area contributed by atoms with Crippen molar-refractivity contribution in [2.24, 2.45) is 0 Å². The molecule has 4 amide bonds. The molecule has 1 saturated heterocycles. The van der Waals surface area contributed by atoms with E-state index in [9.17, 15) is 14.4 Å². The first-order valence-corrected chi connectivity index (χ1v) is 9.39. The average molecular weight is 383 g/mol. The number of amides is 4. The summed E-state index contributed by atoms with van der Waals surface area (Å²) in [6.45, 7) is 0.181. The Bertz CT molecular complexity index is 855. The summed E-state index contributed by atoms with van der Waals surface area (Å²) in [5.41, 5.74) is 1.80. The average Bonchev–Trinajstić information content (AvgIpc) is 2.90. The quantitative estimate of drug-likeness (QED) is 0.636. The van der Waals surface area contributed by atoms with E-state index in [1.807, 2.05) is 54.6 Å². The maximum atomic E-state index is 12.7. The smallest absolute Gasteiger partial charge is 0.325 e. The minimum atomic E-state index is -0.548. The molecule has 0 bridgehead atoms. The second kappa shape index (κ2) is 8.26. The molecule has 6 nitrogen and oxygen atoms in total. The van der Waals surface area contributed by atoms with Gasteiger partial charge in [0.2, 0.25) is 0 Å². The molecule has 0 saturated carbocycles. The number of hydrogen-bond donors (Lipinski definition) is 1. The molecule has 1 aliphatic rings. The Kier molecular flexibility index (Phi) is 5.81. The number of nitrogens with zero attached hydrogens (tertiary/aromatic N) is 2. The van der Waals surface area contributed by atoms with Gasteiger partial charge in [0.05, 0.1) is 6.54 Å². The van der Waals surface area contributed by atoms with Crippen molar-refractivity contribution in [1.29, 1.82) is 0 Å². The molecular weight excluding hydrogens is 362 g/mol. The van der Waals surface area contributed by atoms with Gasteiger partial charge in [0.15, 0.2) is 0 Å². The van der Waals surface area contributed by atoms with E-state index in [4.69, 9.17) is 0 Å². The van der Waals surface area contributed by atoms with Crippen molar-refractivity contribution in [1.82, 2.24) is 15.1 Å². The Balaban J connectivity index is 1.67. The molecule has 27 heavy (non-hydrogen) atoms. The van der Waals surface area contributed by atoms with Crippen molar-refractivity contribution in [2.45, 2.75) is 23.9 Å². The summed E-state index contributed by atoms with van der Waals surface area (Å²) in [5, 5.41) is 2.68. The largest absolute Gasteiger partial charge is 0.339 e. The van der Waals surface area contributed by atoms with Crippen molar-refractivity contribution in [3.63, 3.8) is 0 Å². The van der Waals surface area contributed by atoms with Crippen molar-refractivity contribution in [2.75, 3.05) is 14.1 Å². The Morgan fingerprint density at radius 2 is 1.78 bits per heavy atom. The zero-order chi connectivity index (χ0) is 19.4. The fraction of sp³-hybridized carbons (Fsp3) is 0.250. The number of rotatable bonds is 5. The van der Waals surface area contributed by atoms with Crippen LogP contribution < -0.4 is 5.32 Å². The van der Waals surface area contributed by atoms with Crippen LogP contribution in [0, 0.1) is 0 Å². The van der Waals surface area contributed by atoms with E-state index in [1.54, 1.807) is 14.1 Å². The second-order valence-electron chi connectivity index (χ2n) is 6.53. The van der Waals surface area contributed by atoms with Gasteiger partial charge < -0.3 is 10.2 Å². The van der Waals surface area contributed by atoms with Gasteiger partial charge in [-0.1, -0.05) is 42.5 Å². The normalized spacial score (nSPS) is 16.4. The Morgan fingerprint density at radius 1 is 1.07 bits per heavy atom. The molecule has 0 spiro atoms. The van der Waals surface area contributed by atoms with E-state index in [0.29, 0.717) is 6.42 Å². The van der Waals surface area contributed by atoms with E-state index in [0.717, 1.165) is 27.8 Å². The molecule has 1 fully saturated rings. The Hall–Kier alpha value is -2.80. The SMILES string of the molecule is CN(C)C(=O)Sc1cccc(CN2C(=O)NC(Cc3ccccc3)C2=O)c1. The highest BCUT2D eigenvalue weighted by molar-refractivity contribution is 8.13. The summed E-state index contributed by atoms with van der Waals surface area (Å²) in [5.74, 6) is -0.230. The van der Waals surface area contributed by atoms with Crippen LogP contribution in [0.4, 0.5) is 9.59 Å². The van der Waals surface area contributed by atoms with Crippen LogP contribution in [0.1, 0.15) is 11.1 Å². The van der Waals surface area contributed by atoms with Crippen molar-refractivity contribution < 1.29 is 14.4 Å². The van der Waals surface area contributed by atoms with Gasteiger partial charge in [-0.15, -0.1) is 0 Å². The number of thioether (sulfide) groups is 1. The predicted octanol–water partition coefficient (Wildman–Crippen LogP) is 3.12. The van der Waals surface area contributed by atoms with E-state index in [-0.39, 0.29) is 23.7 Å². The minimum Gasteiger partial charge on any atom is -0.339 e. The number of urea groups is 1. The zero-order valence-electron chi connectivity index (χ0n) is 15.2. The topological polar surface area (TPSA) is 69.7 Å². The highest BCUT2D eigenvalue weighted by atomic mass is 32.2. The fourth-order valence-corrected chi connectivity index (χ4v) is 3.54. The van der Waals surface area contributed by atoms with Crippen molar-refractivity contribution in [3.8, 4) is 0 Å². The van der Waals surface area contributed by atoms with Gasteiger partial charge in [0, 0.05) is 25.4 Å². The van der Waals surface area contributed by atoms with Gasteiger partial charge in [0.1, 0.15) is 6.04 Å². The molecule has 1 N–H and O–H groups in total. The molecule has 0 radical (unpaired) electrons. The van der Waals surface area contributed by atoms with Gasteiger partial charge in [-0.25, -0.2) is 4.79 Å². The molecule has 2 aromatic rings. The van der Waals surface area contributed by atoms with Crippen LogP contribution in [-0.2, 0) is 17.8 Å². The molecule has 140 valence electrons. The van der Waals surface area contributed by atoms with E-state index >= 15 is 0 Å². The fourth-order valence-electron chi connectivity index (χ4n) is 2.80. The number of nitrogens with one attached hydrogen (secondary N) is 1. The lowest BCUT2D eigenvalue weighted by atomic mass is 10.1. The lowest BCUT2D eigenvalue weighted by Gasteiger charge is -2.14. The Morgan fingerprint density at radius 3 is 2.48 bits per heavy atom. The first kappa shape index (κ1) is 19.0. The first-order valence-electron chi connectivity index (χ1n) is 8.58. The highest BCUT2D eigenvalue weighted by Crippen LogP contribution is 2.23. The van der Waals surface area contributed by atoms with Crippen molar-refractivity contribution in [3.05, 3.63) is 65.7 Å². The van der Waals surface area contributed by atoms with E-state index in [1.165, 1.54) is 9.80 Å². The van der Waals surface area contributed by atoms with Crippen LogP contribution in [0.5, 0.6) is 0 Å². The predicted molar refractivity (Wildman–Crippen MR) is 104 cm³/mol. The summed E-state index contributed by atoms with van der Waals surface area (Å²) in [6.07, 6.45) is 0.467. The van der Waals surface area contributed by atoms with Crippen LogP contribution in [0.2, 0.25) is 0 Å². The third kappa shape index (κ3) is 4.68. The second-order valence-corrected chi connectivity index (χ2v) is 7.55. The number of carbonyl (C=O) groups excluding carboxylic acids is 3. The third-order valence-corrected chi connectivity index (χ3v) is 5.23. The molecule has 1 unspecified atom stereocenters. The number of hydrogen-bond acceptors (Lipinski definition) is 4. The van der Waals surface area contributed by atoms with Crippen LogP contribution in [-0.4, -0.2) is 47.1 Å². The molecule has 1 aliphatic heterocycles. The first-order chi connectivity index (χ1) is 12.9. The molecule has 1 heterocycles.